The minimum Gasteiger partial charge on any atom is -0.298 e. The number of Topliss-reactive ketones (excluding diaryl/α,β-unsaturated/α-hetero) is 1. The largest absolute Gasteiger partial charge is 0.298 e. The van der Waals surface area contributed by atoms with Gasteiger partial charge in [-0.25, -0.2) is 0 Å². The lowest BCUT2D eigenvalue weighted by atomic mass is 10.1. The highest BCUT2D eigenvalue weighted by Gasteiger charge is 2.27. The number of rotatable bonds is 3. The van der Waals surface area contributed by atoms with Gasteiger partial charge in [0.05, 0.1) is 6.54 Å². The third kappa shape index (κ3) is 3.04. The van der Waals surface area contributed by atoms with Crippen LogP contribution >= 0.6 is 0 Å². The van der Waals surface area contributed by atoms with Gasteiger partial charge >= 0.3 is 0 Å². The van der Waals surface area contributed by atoms with Crippen LogP contribution in [0.4, 0.5) is 0 Å². The summed E-state index contributed by atoms with van der Waals surface area (Å²) in [6, 6.07) is -0.142. The summed E-state index contributed by atoms with van der Waals surface area (Å²) in [5, 5.41) is 0. The second-order valence-corrected chi connectivity index (χ2v) is 5.46. The monoisotopic (exact) mass is 220 g/mol. The number of carbonyl (C=O) groups is 1. The van der Waals surface area contributed by atoms with E-state index in [0.717, 1.165) is 0 Å². The molecule has 1 aliphatic rings. The molecule has 0 atom stereocenters. The summed E-state index contributed by atoms with van der Waals surface area (Å²) in [5.41, 5.74) is 0. The molecule has 0 aromatic heterocycles. The first-order valence-corrected chi connectivity index (χ1v) is 6.15. The first-order valence-electron chi connectivity index (χ1n) is 4.71. The molecule has 0 aromatic carbocycles. The van der Waals surface area contributed by atoms with Crippen LogP contribution in [0.25, 0.3) is 0 Å². The van der Waals surface area contributed by atoms with Gasteiger partial charge in [-0.05, 0) is 20.3 Å². The Kier molecular flexibility index (Phi) is 3.63. The Hall–Kier alpha value is -0.460. The average molecular weight is 220 g/mol. The number of nitrogens with zero attached hydrogens (tertiary/aromatic N) is 1. The van der Waals surface area contributed by atoms with E-state index < -0.39 is 10.2 Å². The molecule has 1 aliphatic heterocycles. The van der Waals surface area contributed by atoms with Gasteiger partial charge < -0.3 is 0 Å². The lowest BCUT2D eigenvalue weighted by Gasteiger charge is -2.26. The molecule has 0 bridgehead atoms. The van der Waals surface area contributed by atoms with E-state index in [-0.39, 0.29) is 18.4 Å². The average Bonchev–Trinajstić information content (AvgIpc) is 2.01. The lowest BCUT2D eigenvalue weighted by Crippen LogP contribution is -2.48. The van der Waals surface area contributed by atoms with Crippen LogP contribution in [0.5, 0.6) is 0 Å². The van der Waals surface area contributed by atoms with E-state index in [0.29, 0.717) is 19.4 Å². The number of piperidine rings is 1. The molecule has 1 saturated heterocycles. The first kappa shape index (κ1) is 11.6. The molecule has 1 heterocycles. The van der Waals surface area contributed by atoms with Gasteiger partial charge in [0.1, 0.15) is 5.78 Å². The van der Waals surface area contributed by atoms with Crippen molar-refractivity contribution in [3.05, 3.63) is 0 Å². The molecule has 0 radical (unpaired) electrons. The number of nitrogens with one attached hydrogen (secondary N) is 1. The third-order valence-electron chi connectivity index (χ3n) is 1.94. The van der Waals surface area contributed by atoms with E-state index in [1.807, 2.05) is 0 Å². The van der Waals surface area contributed by atoms with Crippen molar-refractivity contribution in [2.75, 3.05) is 13.1 Å². The predicted molar refractivity (Wildman–Crippen MR) is 53.0 cm³/mol. The van der Waals surface area contributed by atoms with Crippen LogP contribution in [0.1, 0.15) is 26.7 Å². The molecule has 0 aromatic rings. The fraction of sp³-hybridized carbons (Fsp3) is 0.875. The van der Waals surface area contributed by atoms with E-state index in [9.17, 15) is 13.2 Å². The Morgan fingerprint density at radius 3 is 2.57 bits per heavy atom. The van der Waals surface area contributed by atoms with Crippen molar-refractivity contribution in [3.63, 3.8) is 0 Å². The van der Waals surface area contributed by atoms with Gasteiger partial charge in [-0.15, -0.1) is 0 Å². The van der Waals surface area contributed by atoms with Crippen LogP contribution in [-0.4, -0.2) is 37.6 Å². The summed E-state index contributed by atoms with van der Waals surface area (Å²) in [6.45, 7) is 3.96. The second-order valence-electron chi connectivity index (χ2n) is 3.75. The molecule has 5 nitrogen and oxygen atoms in total. The van der Waals surface area contributed by atoms with Gasteiger partial charge in [-0.2, -0.15) is 17.4 Å². The van der Waals surface area contributed by atoms with Crippen LogP contribution in [0.15, 0.2) is 0 Å². The molecule has 0 saturated carbocycles. The van der Waals surface area contributed by atoms with Crippen molar-refractivity contribution in [3.8, 4) is 0 Å². The van der Waals surface area contributed by atoms with Crippen molar-refractivity contribution in [2.45, 2.75) is 32.7 Å². The third-order valence-corrected chi connectivity index (χ3v) is 3.70. The molecular formula is C8H16N2O3S. The Morgan fingerprint density at radius 1 is 1.43 bits per heavy atom. The maximum Gasteiger partial charge on any atom is 0.280 e. The molecule has 0 aliphatic carbocycles. The van der Waals surface area contributed by atoms with Gasteiger partial charge in [0.25, 0.3) is 10.2 Å². The van der Waals surface area contributed by atoms with E-state index in [1.54, 1.807) is 13.8 Å². The van der Waals surface area contributed by atoms with Crippen LogP contribution < -0.4 is 4.72 Å². The summed E-state index contributed by atoms with van der Waals surface area (Å²) < 4.78 is 26.9. The van der Waals surface area contributed by atoms with Crippen LogP contribution in [0, 0.1) is 0 Å². The second kappa shape index (κ2) is 4.37. The normalized spacial score (nSPS) is 20.4. The molecule has 1 rings (SSSR count). The van der Waals surface area contributed by atoms with Crippen molar-refractivity contribution in [1.82, 2.24) is 9.03 Å². The number of ketones is 1. The topological polar surface area (TPSA) is 66.5 Å². The Labute approximate surface area is 84.7 Å². The van der Waals surface area contributed by atoms with Crippen LogP contribution in [0.3, 0.4) is 0 Å². The molecule has 1 fully saturated rings. The molecule has 82 valence electrons. The lowest BCUT2D eigenvalue weighted by molar-refractivity contribution is -0.120. The van der Waals surface area contributed by atoms with Crippen molar-refractivity contribution in [2.24, 2.45) is 0 Å². The summed E-state index contributed by atoms with van der Waals surface area (Å²) in [7, 11) is -3.45. The van der Waals surface area contributed by atoms with Crippen LogP contribution in [0.2, 0.25) is 0 Å². The van der Waals surface area contributed by atoms with Gasteiger partial charge in [0, 0.05) is 19.0 Å². The van der Waals surface area contributed by atoms with Gasteiger partial charge in [-0.1, -0.05) is 0 Å². The molecular weight excluding hydrogens is 204 g/mol. The van der Waals surface area contributed by atoms with Gasteiger partial charge in [0.15, 0.2) is 0 Å². The van der Waals surface area contributed by atoms with E-state index in [2.05, 4.69) is 4.72 Å². The minimum atomic E-state index is -3.45. The number of hydrogen-bond donors (Lipinski definition) is 1. The Morgan fingerprint density at radius 2 is 2.07 bits per heavy atom. The minimum absolute atomic E-state index is 0.00891. The molecule has 0 amide bonds. The highest BCUT2D eigenvalue weighted by Crippen LogP contribution is 2.09. The summed E-state index contributed by atoms with van der Waals surface area (Å²) in [6.07, 6.45) is 1.12. The Balaban J connectivity index is 2.67. The van der Waals surface area contributed by atoms with E-state index in [1.165, 1.54) is 4.31 Å². The fourth-order valence-electron chi connectivity index (χ4n) is 1.38. The molecule has 0 unspecified atom stereocenters. The highest BCUT2D eigenvalue weighted by atomic mass is 32.2. The molecule has 6 heteroatoms. The number of carbonyl (C=O) groups excluding carboxylic acids is 1. The number of hydrogen-bond acceptors (Lipinski definition) is 3. The predicted octanol–water partition coefficient (Wildman–Crippen LogP) is -0.106. The zero-order valence-corrected chi connectivity index (χ0v) is 9.30. The maximum absolute atomic E-state index is 11.6. The Bertz CT molecular complexity index is 311. The van der Waals surface area contributed by atoms with E-state index >= 15 is 0 Å². The standard InChI is InChI=1S/C8H16N2O3S/c1-7(2)9-14(12,13)10-5-3-4-8(11)6-10/h7,9H,3-6H2,1-2H3. The fourth-order valence-corrected chi connectivity index (χ4v) is 2.81. The highest BCUT2D eigenvalue weighted by molar-refractivity contribution is 7.87. The summed E-state index contributed by atoms with van der Waals surface area (Å²) in [4.78, 5) is 11.1. The summed E-state index contributed by atoms with van der Waals surface area (Å²) >= 11 is 0. The van der Waals surface area contributed by atoms with Crippen molar-refractivity contribution >= 4 is 16.0 Å². The molecule has 1 N–H and O–H groups in total. The first-order chi connectivity index (χ1) is 6.42. The van der Waals surface area contributed by atoms with Gasteiger partial charge in [0.2, 0.25) is 0 Å². The van der Waals surface area contributed by atoms with E-state index in [4.69, 9.17) is 0 Å². The quantitative estimate of drug-likeness (QED) is 0.722. The zero-order valence-electron chi connectivity index (χ0n) is 8.49. The smallest absolute Gasteiger partial charge is 0.280 e. The van der Waals surface area contributed by atoms with Crippen molar-refractivity contribution in [1.29, 1.82) is 0 Å². The zero-order chi connectivity index (χ0) is 10.8. The summed E-state index contributed by atoms with van der Waals surface area (Å²) in [5.74, 6) is -0.00891. The SMILES string of the molecule is CC(C)NS(=O)(=O)N1CCCC(=O)C1. The molecule has 0 spiro atoms. The van der Waals surface area contributed by atoms with Gasteiger partial charge in [-0.3, -0.25) is 4.79 Å². The molecule has 14 heavy (non-hydrogen) atoms. The van der Waals surface area contributed by atoms with Crippen molar-refractivity contribution < 1.29 is 13.2 Å². The maximum atomic E-state index is 11.6. The van der Waals surface area contributed by atoms with Crippen LogP contribution in [-0.2, 0) is 15.0 Å².